The highest BCUT2D eigenvalue weighted by atomic mass is 16.5. The number of rotatable bonds is 4. The zero-order valence-corrected chi connectivity index (χ0v) is 11.0. The number of esters is 1. The number of hydrogen-bond acceptors (Lipinski definition) is 4. The Kier molecular flexibility index (Phi) is 3.75. The number of carbonyl (C=O) groups excluding carboxylic acids is 1. The molecule has 4 nitrogen and oxygen atoms in total. The van der Waals surface area contributed by atoms with E-state index in [1.165, 1.54) is 0 Å². The van der Waals surface area contributed by atoms with E-state index in [1.54, 1.807) is 7.11 Å². The number of benzene rings is 1. The maximum Gasteiger partial charge on any atom is 0.306 e. The van der Waals surface area contributed by atoms with Crippen molar-refractivity contribution < 1.29 is 14.3 Å². The lowest BCUT2D eigenvalue weighted by atomic mass is 9.92. The van der Waals surface area contributed by atoms with Gasteiger partial charge in [0.2, 0.25) is 0 Å². The first kappa shape index (κ1) is 12.7. The van der Waals surface area contributed by atoms with Gasteiger partial charge in [0.1, 0.15) is 5.75 Å². The van der Waals surface area contributed by atoms with Crippen LogP contribution >= 0.6 is 0 Å². The first-order valence-electron chi connectivity index (χ1n) is 6.25. The minimum absolute atomic E-state index is 0.146. The van der Waals surface area contributed by atoms with E-state index in [2.05, 4.69) is 12.2 Å². The van der Waals surface area contributed by atoms with Crippen molar-refractivity contribution >= 4 is 11.7 Å². The fourth-order valence-corrected chi connectivity index (χ4v) is 2.41. The lowest BCUT2D eigenvalue weighted by molar-refractivity contribution is -0.143. The van der Waals surface area contributed by atoms with Gasteiger partial charge in [-0.25, -0.2) is 0 Å². The highest BCUT2D eigenvalue weighted by Gasteiger charge is 2.31. The number of methoxy groups -OCH3 is 1. The molecule has 1 aliphatic heterocycles. The van der Waals surface area contributed by atoms with Crippen LogP contribution in [0.3, 0.4) is 0 Å². The molecule has 0 aliphatic carbocycles. The van der Waals surface area contributed by atoms with Gasteiger partial charge in [0.25, 0.3) is 0 Å². The van der Waals surface area contributed by atoms with E-state index in [9.17, 15) is 4.79 Å². The Bertz CT molecular complexity index is 445. The van der Waals surface area contributed by atoms with Crippen molar-refractivity contribution in [2.24, 2.45) is 0 Å². The van der Waals surface area contributed by atoms with Gasteiger partial charge in [-0.05, 0) is 37.6 Å². The predicted octanol–water partition coefficient (Wildman–Crippen LogP) is 2.55. The summed E-state index contributed by atoms with van der Waals surface area (Å²) in [6.07, 6.45) is 0.405. The van der Waals surface area contributed by atoms with Crippen molar-refractivity contribution in [3.8, 4) is 5.75 Å². The molecular weight excluding hydrogens is 230 g/mol. The molecule has 2 atom stereocenters. The maximum absolute atomic E-state index is 11.6. The second-order valence-electron chi connectivity index (χ2n) is 4.50. The summed E-state index contributed by atoms with van der Waals surface area (Å²) in [6, 6.07) is 6.15. The van der Waals surface area contributed by atoms with Gasteiger partial charge < -0.3 is 14.8 Å². The second-order valence-corrected chi connectivity index (χ2v) is 4.50. The molecule has 1 aromatic rings. The van der Waals surface area contributed by atoms with E-state index in [0.717, 1.165) is 17.0 Å². The van der Waals surface area contributed by atoms with Gasteiger partial charge in [0.05, 0.1) is 20.1 Å². The van der Waals surface area contributed by atoms with Crippen molar-refractivity contribution in [1.29, 1.82) is 0 Å². The van der Waals surface area contributed by atoms with E-state index in [1.807, 2.05) is 25.1 Å². The van der Waals surface area contributed by atoms with Gasteiger partial charge in [-0.2, -0.15) is 0 Å². The van der Waals surface area contributed by atoms with E-state index >= 15 is 0 Å². The number of ether oxygens (including phenoxy) is 2. The molecule has 0 spiro atoms. The lowest BCUT2D eigenvalue weighted by Gasteiger charge is -2.15. The summed E-state index contributed by atoms with van der Waals surface area (Å²) in [4.78, 5) is 11.6. The van der Waals surface area contributed by atoms with Gasteiger partial charge in [0, 0.05) is 17.6 Å². The Hall–Kier alpha value is -1.71. The Morgan fingerprint density at radius 3 is 2.89 bits per heavy atom. The number of anilines is 1. The normalized spacial score (nSPS) is 21.1. The molecule has 1 aromatic carbocycles. The summed E-state index contributed by atoms with van der Waals surface area (Å²) in [5, 5.41) is 3.38. The summed E-state index contributed by atoms with van der Waals surface area (Å²) in [6.45, 7) is 4.33. The SMILES string of the molecule is CCOC(=O)CC1c2cc(OC)ccc2NC1C. The molecule has 0 fully saturated rings. The molecule has 0 amide bonds. The van der Waals surface area contributed by atoms with Crippen LogP contribution < -0.4 is 10.1 Å². The first-order valence-corrected chi connectivity index (χ1v) is 6.25. The highest BCUT2D eigenvalue weighted by molar-refractivity contribution is 5.73. The van der Waals surface area contributed by atoms with E-state index in [4.69, 9.17) is 9.47 Å². The average molecular weight is 249 g/mol. The Balaban J connectivity index is 2.20. The summed E-state index contributed by atoms with van der Waals surface area (Å²) in [7, 11) is 1.65. The molecule has 98 valence electrons. The molecule has 0 aromatic heterocycles. The molecular formula is C14H19NO3. The third-order valence-corrected chi connectivity index (χ3v) is 3.34. The topological polar surface area (TPSA) is 47.6 Å². The standard InChI is InChI=1S/C14H19NO3/c1-4-18-14(16)8-11-9(2)15-13-6-5-10(17-3)7-12(11)13/h5-7,9,11,15H,4,8H2,1-3H3. The monoisotopic (exact) mass is 249 g/mol. The number of nitrogens with one attached hydrogen (secondary N) is 1. The predicted molar refractivity (Wildman–Crippen MR) is 70.1 cm³/mol. The average Bonchev–Trinajstić information content (AvgIpc) is 2.65. The Morgan fingerprint density at radius 1 is 1.44 bits per heavy atom. The van der Waals surface area contributed by atoms with Crippen molar-refractivity contribution in [3.05, 3.63) is 23.8 Å². The molecule has 1 N–H and O–H groups in total. The molecule has 0 bridgehead atoms. The van der Waals surface area contributed by atoms with Crippen molar-refractivity contribution in [3.63, 3.8) is 0 Å². The van der Waals surface area contributed by atoms with Crippen LogP contribution in [-0.4, -0.2) is 25.7 Å². The van der Waals surface area contributed by atoms with Gasteiger partial charge in [-0.1, -0.05) is 0 Å². The summed E-state index contributed by atoms with van der Waals surface area (Å²) in [5.41, 5.74) is 2.22. The molecule has 1 heterocycles. The van der Waals surface area contributed by atoms with Crippen LogP contribution in [-0.2, 0) is 9.53 Å². The van der Waals surface area contributed by atoms with Crippen LogP contribution in [0.4, 0.5) is 5.69 Å². The molecule has 0 saturated heterocycles. The Morgan fingerprint density at radius 2 is 2.22 bits per heavy atom. The molecule has 2 rings (SSSR count). The molecule has 0 saturated carbocycles. The number of hydrogen-bond donors (Lipinski definition) is 1. The third-order valence-electron chi connectivity index (χ3n) is 3.34. The van der Waals surface area contributed by atoms with Crippen LogP contribution in [0.1, 0.15) is 31.7 Å². The van der Waals surface area contributed by atoms with Gasteiger partial charge in [-0.3, -0.25) is 4.79 Å². The molecule has 4 heteroatoms. The summed E-state index contributed by atoms with van der Waals surface area (Å²) in [5.74, 6) is 0.819. The van der Waals surface area contributed by atoms with E-state index in [-0.39, 0.29) is 17.9 Å². The maximum atomic E-state index is 11.6. The van der Waals surface area contributed by atoms with Crippen LogP contribution in [0, 0.1) is 0 Å². The van der Waals surface area contributed by atoms with E-state index < -0.39 is 0 Å². The second kappa shape index (κ2) is 5.29. The summed E-state index contributed by atoms with van der Waals surface area (Å²) < 4.78 is 10.3. The van der Waals surface area contributed by atoms with E-state index in [0.29, 0.717) is 13.0 Å². The van der Waals surface area contributed by atoms with Crippen LogP contribution in [0.25, 0.3) is 0 Å². The van der Waals surface area contributed by atoms with Gasteiger partial charge in [0.15, 0.2) is 0 Å². The molecule has 2 unspecified atom stereocenters. The molecule has 1 aliphatic rings. The minimum atomic E-state index is -0.146. The molecule has 0 radical (unpaired) electrons. The largest absolute Gasteiger partial charge is 0.497 e. The smallest absolute Gasteiger partial charge is 0.306 e. The van der Waals surface area contributed by atoms with Crippen LogP contribution in [0.2, 0.25) is 0 Å². The lowest BCUT2D eigenvalue weighted by Crippen LogP contribution is -2.20. The van der Waals surface area contributed by atoms with Crippen LogP contribution in [0.15, 0.2) is 18.2 Å². The van der Waals surface area contributed by atoms with Crippen molar-refractivity contribution in [1.82, 2.24) is 0 Å². The zero-order valence-electron chi connectivity index (χ0n) is 11.0. The molecule has 18 heavy (non-hydrogen) atoms. The minimum Gasteiger partial charge on any atom is -0.497 e. The Labute approximate surface area is 107 Å². The van der Waals surface area contributed by atoms with Gasteiger partial charge in [-0.15, -0.1) is 0 Å². The fourth-order valence-electron chi connectivity index (χ4n) is 2.41. The third kappa shape index (κ3) is 2.42. The van der Waals surface area contributed by atoms with Crippen molar-refractivity contribution in [2.75, 3.05) is 19.0 Å². The van der Waals surface area contributed by atoms with Crippen LogP contribution in [0.5, 0.6) is 5.75 Å². The zero-order chi connectivity index (χ0) is 13.1. The quantitative estimate of drug-likeness (QED) is 0.833. The summed E-state index contributed by atoms with van der Waals surface area (Å²) >= 11 is 0. The van der Waals surface area contributed by atoms with Gasteiger partial charge >= 0.3 is 5.97 Å². The highest BCUT2D eigenvalue weighted by Crippen LogP contribution is 2.40. The van der Waals surface area contributed by atoms with Crippen molar-refractivity contribution in [2.45, 2.75) is 32.2 Å². The number of fused-ring (bicyclic) bond motifs is 1. The number of carbonyl (C=O) groups is 1. The fraction of sp³-hybridized carbons (Fsp3) is 0.500. The first-order chi connectivity index (χ1) is 8.65.